The molecule has 0 saturated carbocycles. The predicted molar refractivity (Wildman–Crippen MR) is 134 cm³/mol. The smallest absolute Gasteiger partial charge is 0.334 e. The first-order chi connectivity index (χ1) is 17.4. The number of nitrogens with zero attached hydrogens (tertiary/aromatic N) is 2. The first kappa shape index (κ1) is 24.7. The third-order valence-corrected chi connectivity index (χ3v) is 6.09. The summed E-state index contributed by atoms with van der Waals surface area (Å²) >= 11 is 0. The van der Waals surface area contributed by atoms with Crippen molar-refractivity contribution in [3.8, 4) is 11.5 Å². The Morgan fingerprint density at radius 2 is 1.92 bits per heavy atom. The van der Waals surface area contributed by atoms with Crippen LogP contribution in [0.2, 0.25) is 0 Å². The van der Waals surface area contributed by atoms with E-state index in [9.17, 15) is 19.7 Å². The zero-order valence-electron chi connectivity index (χ0n) is 20.1. The van der Waals surface area contributed by atoms with Crippen molar-refractivity contribution in [1.29, 1.82) is 0 Å². The molecule has 1 aliphatic heterocycles. The summed E-state index contributed by atoms with van der Waals surface area (Å²) in [6, 6.07) is 18.8. The van der Waals surface area contributed by atoms with Crippen molar-refractivity contribution < 1.29 is 24.0 Å². The highest BCUT2D eigenvalue weighted by Gasteiger charge is 2.33. The fourth-order valence-electron chi connectivity index (χ4n) is 4.43. The Kier molecular flexibility index (Phi) is 7.48. The van der Waals surface area contributed by atoms with Crippen LogP contribution in [0.25, 0.3) is 0 Å². The van der Waals surface area contributed by atoms with Crippen LogP contribution in [0.1, 0.15) is 40.9 Å². The average Bonchev–Trinajstić information content (AvgIpc) is 2.88. The number of esters is 1. The Labute approximate surface area is 208 Å². The molecule has 186 valence electrons. The number of benzene rings is 3. The van der Waals surface area contributed by atoms with Gasteiger partial charge in [0, 0.05) is 19.2 Å². The molecular weight excluding hydrogens is 462 g/mol. The minimum absolute atomic E-state index is 0.0611. The van der Waals surface area contributed by atoms with Crippen molar-refractivity contribution in [2.45, 2.75) is 25.8 Å². The molecule has 0 fully saturated rings. The minimum Gasteiger partial charge on any atom is -0.466 e. The van der Waals surface area contributed by atoms with E-state index >= 15 is 0 Å². The summed E-state index contributed by atoms with van der Waals surface area (Å²) in [6.45, 7) is 2.43. The van der Waals surface area contributed by atoms with E-state index in [1.54, 1.807) is 49.2 Å². The molecule has 1 aliphatic rings. The zero-order valence-corrected chi connectivity index (χ0v) is 20.1. The maximum Gasteiger partial charge on any atom is 0.334 e. The number of anilines is 1. The molecule has 4 rings (SSSR count). The number of nitrogens with one attached hydrogen (secondary N) is 1. The van der Waals surface area contributed by atoms with Crippen LogP contribution in [0.3, 0.4) is 0 Å². The maximum absolute atomic E-state index is 13.5. The topological polar surface area (TPSA) is 111 Å². The Morgan fingerprint density at radius 1 is 1.14 bits per heavy atom. The lowest BCUT2D eigenvalue weighted by Crippen LogP contribution is -2.41. The van der Waals surface area contributed by atoms with Gasteiger partial charge in [0.1, 0.15) is 11.4 Å². The van der Waals surface area contributed by atoms with Crippen LogP contribution in [0.4, 0.5) is 11.4 Å². The summed E-state index contributed by atoms with van der Waals surface area (Å²) in [5.41, 5.74) is 2.33. The van der Waals surface area contributed by atoms with Crippen LogP contribution in [-0.2, 0) is 16.0 Å². The monoisotopic (exact) mass is 489 g/mol. The highest BCUT2D eigenvalue weighted by molar-refractivity contribution is 5.97. The Morgan fingerprint density at radius 3 is 2.61 bits per heavy atom. The van der Waals surface area contributed by atoms with Crippen LogP contribution >= 0.6 is 0 Å². The molecular formula is C27H27N3O6. The van der Waals surface area contributed by atoms with Crippen LogP contribution in [0, 0.1) is 10.1 Å². The van der Waals surface area contributed by atoms with Gasteiger partial charge < -0.3 is 19.7 Å². The molecule has 1 atom stereocenters. The number of carbonyl (C=O) groups excluding carboxylic acids is 2. The third-order valence-electron chi connectivity index (χ3n) is 6.09. The van der Waals surface area contributed by atoms with Gasteiger partial charge in [0.05, 0.1) is 24.0 Å². The molecule has 36 heavy (non-hydrogen) atoms. The maximum atomic E-state index is 13.5. The van der Waals surface area contributed by atoms with E-state index in [1.807, 2.05) is 30.3 Å². The van der Waals surface area contributed by atoms with E-state index in [4.69, 9.17) is 9.47 Å². The average molecular weight is 490 g/mol. The molecule has 0 spiro atoms. The van der Waals surface area contributed by atoms with E-state index in [-0.39, 0.29) is 36.3 Å². The first-order valence-corrected chi connectivity index (χ1v) is 11.7. The molecule has 0 aliphatic carbocycles. The SMILES string of the molecule is CCOC(=O)CC(c1ccccc1)N1CCc2cc(Oc3cccc(NC)c3[N+](=O)[O-])ccc2C1=O. The van der Waals surface area contributed by atoms with E-state index in [1.165, 1.54) is 6.07 Å². The third kappa shape index (κ3) is 5.14. The van der Waals surface area contributed by atoms with Gasteiger partial charge in [-0.2, -0.15) is 0 Å². The van der Waals surface area contributed by atoms with Gasteiger partial charge in [0.15, 0.2) is 0 Å². The molecule has 9 nitrogen and oxygen atoms in total. The lowest BCUT2D eigenvalue weighted by Gasteiger charge is -2.35. The van der Waals surface area contributed by atoms with E-state index in [0.29, 0.717) is 30.0 Å². The van der Waals surface area contributed by atoms with E-state index in [2.05, 4.69) is 5.32 Å². The summed E-state index contributed by atoms with van der Waals surface area (Å²) in [6.07, 6.45) is 0.606. The van der Waals surface area contributed by atoms with Gasteiger partial charge in [0.2, 0.25) is 5.75 Å². The van der Waals surface area contributed by atoms with Gasteiger partial charge in [-0.1, -0.05) is 36.4 Å². The summed E-state index contributed by atoms with van der Waals surface area (Å²) in [4.78, 5) is 38.7. The fraction of sp³-hybridized carbons (Fsp3) is 0.259. The van der Waals surface area contributed by atoms with Gasteiger partial charge in [-0.3, -0.25) is 19.7 Å². The summed E-state index contributed by atoms with van der Waals surface area (Å²) in [5, 5.41) is 14.4. The van der Waals surface area contributed by atoms with Gasteiger partial charge in [-0.05, 0) is 54.8 Å². The minimum atomic E-state index is -0.492. The van der Waals surface area contributed by atoms with Crippen molar-refractivity contribution in [3.63, 3.8) is 0 Å². The molecule has 0 saturated heterocycles. The number of ether oxygens (including phenoxy) is 2. The number of amides is 1. The molecule has 3 aromatic rings. The number of nitro groups is 1. The Balaban J connectivity index is 1.60. The Hall–Kier alpha value is -4.40. The fourth-order valence-corrected chi connectivity index (χ4v) is 4.43. The number of rotatable bonds is 9. The van der Waals surface area contributed by atoms with Crippen LogP contribution in [0.5, 0.6) is 11.5 Å². The molecule has 1 N–H and O–H groups in total. The molecule has 0 aromatic heterocycles. The van der Waals surface area contributed by atoms with Gasteiger partial charge in [-0.15, -0.1) is 0 Å². The van der Waals surface area contributed by atoms with E-state index in [0.717, 1.165) is 11.1 Å². The van der Waals surface area contributed by atoms with Gasteiger partial charge >= 0.3 is 11.7 Å². The molecule has 9 heteroatoms. The van der Waals surface area contributed by atoms with Crippen LogP contribution in [0.15, 0.2) is 66.7 Å². The lowest BCUT2D eigenvalue weighted by atomic mass is 9.94. The normalized spacial score (nSPS) is 13.5. The van der Waals surface area contributed by atoms with Crippen molar-refractivity contribution in [1.82, 2.24) is 4.90 Å². The summed E-state index contributed by atoms with van der Waals surface area (Å²) < 4.78 is 11.0. The van der Waals surface area contributed by atoms with E-state index < -0.39 is 11.0 Å². The molecule has 0 radical (unpaired) electrons. The first-order valence-electron chi connectivity index (χ1n) is 11.7. The largest absolute Gasteiger partial charge is 0.466 e. The molecule has 0 bridgehead atoms. The number of para-hydroxylation sites is 1. The van der Waals surface area contributed by atoms with Gasteiger partial charge in [0.25, 0.3) is 5.91 Å². The number of fused-ring (bicyclic) bond motifs is 1. The molecule has 1 amide bonds. The summed E-state index contributed by atoms with van der Waals surface area (Å²) in [5.74, 6) is -0.0465. The van der Waals surface area contributed by atoms with Crippen LogP contribution in [-0.4, -0.2) is 41.9 Å². The molecule has 1 unspecified atom stereocenters. The molecule has 1 heterocycles. The van der Waals surface area contributed by atoms with Crippen molar-refractivity contribution in [2.24, 2.45) is 0 Å². The number of hydrogen-bond donors (Lipinski definition) is 1. The second-order valence-corrected chi connectivity index (χ2v) is 8.26. The molecule has 3 aromatic carbocycles. The van der Waals surface area contributed by atoms with Crippen molar-refractivity contribution in [3.05, 3.63) is 93.5 Å². The standard InChI is InChI=1S/C27H27N3O6/c1-3-35-25(31)17-23(18-8-5-4-6-9-18)29-15-14-19-16-20(12-13-21(19)27(29)32)36-24-11-7-10-22(28-2)26(24)30(33)34/h4-13,16,23,28H,3,14-15,17H2,1-2H3. The van der Waals surface area contributed by atoms with Crippen molar-refractivity contribution in [2.75, 3.05) is 25.5 Å². The van der Waals surface area contributed by atoms with Crippen LogP contribution < -0.4 is 10.1 Å². The zero-order chi connectivity index (χ0) is 25.7. The summed E-state index contributed by atoms with van der Waals surface area (Å²) in [7, 11) is 1.60. The van der Waals surface area contributed by atoms with Gasteiger partial charge in [-0.25, -0.2) is 0 Å². The second-order valence-electron chi connectivity index (χ2n) is 8.26. The number of hydrogen-bond acceptors (Lipinski definition) is 7. The lowest BCUT2D eigenvalue weighted by molar-refractivity contribution is -0.384. The highest BCUT2D eigenvalue weighted by atomic mass is 16.6. The number of carbonyl (C=O) groups is 2. The highest BCUT2D eigenvalue weighted by Crippen LogP contribution is 2.38. The van der Waals surface area contributed by atoms with Crippen molar-refractivity contribution >= 4 is 23.3 Å². The quantitative estimate of drug-likeness (QED) is 0.252. The Bertz CT molecular complexity index is 1280. The predicted octanol–water partition coefficient (Wildman–Crippen LogP) is 5.12. The second kappa shape index (κ2) is 10.9. The number of nitro benzene ring substituents is 1.